The third-order valence-electron chi connectivity index (χ3n) is 8.95. The molecule has 0 heterocycles. The van der Waals surface area contributed by atoms with Gasteiger partial charge in [-0.3, -0.25) is 14.4 Å². The smallest absolute Gasteiger partial charge is 0.305 e. The molecule has 0 saturated heterocycles. The first kappa shape index (κ1) is 25.0. The van der Waals surface area contributed by atoms with Crippen molar-refractivity contribution < 1.29 is 23.9 Å². The highest BCUT2D eigenvalue weighted by atomic mass is 16.5. The molecule has 3 aliphatic rings. The summed E-state index contributed by atoms with van der Waals surface area (Å²) in [5.41, 5.74) is 1.40. The molecule has 5 heteroatoms. The Hall–Kier alpha value is -1.65. The van der Waals surface area contributed by atoms with Gasteiger partial charge in [-0.15, -0.1) is 0 Å². The second-order valence-corrected chi connectivity index (χ2v) is 11.0. The molecule has 32 heavy (non-hydrogen) atoms. The lowest BCUT2D eigenvalue weighted by atomic mass is 9.53. The summed E-state index contributed by atoms with van der Waals surface area (Å²) in [5.74, 6) is 2.01. The lowest BCUT2D eigenvalue weighted by Gasteiger charge is -2.52. The van der Waals surface area contributed by atoms with Crippen LogP contribution in [-0.2, 0) is 23.9 Å². The van der Waals surface area contributed by atoms with E-state index in [4.69, 9.17) is 9.47 Å². The van der Waals surface area contributed by atoms with Crippen LogP contribution in [0.1, 0.15) is 91.9 Å². The molecule has 3 aliphatic carbocycles. The predicted octanol–water partition coefficient (Wildman–Crippen LogP) is 5.66. The lowest BCUT2D eigenvalue weighted by molar-refractivity contribution is -0.150. The lowest BCUT2D eigenvalue weighted by Crippen LogP contribution is -2.45. The van der Waals surface area contributed by atoms with Gasteiger partial charge >= 0.3 is 11.9 Å². The van der Waals surface area contributed by atoms with Gasteiger partial charge in [0.15, 0.2) is 5.78 Å². The summed E-state index contributed by atoms with van der Waals surface area (Å²) in [6.07, 6.45) is 11.0. The molecule has 0 spiro atoms. The van der Waals surface area contributed by atoms with Gasteiger partial charge in [0.25, 0.3) is 0 Å². The maximum atomic E-state index is 13.2. The third kappa shape index (κ3) is 5.63. The van der Waals surface area contributed by atoms with Gasteiger partial charge in [0.05, 0.1) is 7.11 Å². The minimum atomic E-state index is -0.190. The van der Waals surface area contributed by atoms with E-state index < -0.39 is 0 Å². The van der Waals surface area contributed by atoms with E-state index in [1.54, 1.807) is 0 Å². The Morgan fingerprint density at radius 3 is 2.62 bits per heavy atom. The van der Waals surface area contributed by atoms with E-state index in [2.05, 4.69) is 20.8 Å². The summed E-state index contributed by atoms with van der Waals surface area (Å²) in [5, 5.41) is 0. The van der Waals surface area contributed by atoms with Crippen LogP contribution < -0.4 is 0 Å². The number of carbonyl (C=O) groups is 3. The Morgan fingerprint density at radius 1 is 1.19 bits per heavy atom. The minimum absolute atomic E-state index is 0.0206. The summed E-state index contributed by atoms with van der Waals surface area (Å²) in [7, 11) is 1.43. The van der Waals surface area contributed by atoms with Crippen LogP contribution in [0.2, 0.25) is 0 Å². The number of rotatable bonds is 5. The zero-order valence-electron chi connectivity index (χ0n) is 20.7. The SMILES string of the molecule is COC(=O)CC[C@@H](C)C1CCC(C)C2CC[C@@H]3C[C@H](OC(C)=O)CC[C@]3(C)C2=CC(=O)C1. The third-order valence-corrected chi connectivity index (χ3v) is 8.95. The number of ether oxygens (including phenoxy) is 2. The number of allylic oxidation sites excluding steroid dienone is 2. The van der Waals surface area contributed by atoms with Gasteiger partial charge in [-0.2, -0.15) is 0 Å². The topological polar surface area (TPSA) is 69.7 Å². The molecule has 0 radical (unpaired) electrons. The van der Waals surface area contributed by atoms with Gasteiger partial charge in [-0.05, 0) is 92.4 Å². The second-order valence-electron chi connectivity index (χ2n) is 11.0. The molecule has 0 aromatic carbocycles. The average molecular weight is 447 g/mol. The summed E-state index contributed by atoms with van der Waals surface area (Å²) >= 11 is 0. The fourth-order valence-corrected chi connectivity index (χ4v) is 6.78. The molecule has 0 amide bonds. The molecule has 0 aliphatic heterocycles. The zero-order chi connectivity index (χ0) is 23.5. The molecule has 7 atom stereocenters. The molecular weight excluding hydrogens is 404 g/mol. The highest BCUT2D eigenvalue weighted by Crippen LogP contribution is 2.57. The average Bonchev–Trinajstić information content (AvgIpc) is 2.80. The number of fused-ring (bicyclic) bond motifs is 3. The first-order chi connectivity index (χ1) is 15.1. The summed E-state index contributed by atoms with van der Waals surface area (Å²) in [4.78, 5) is 36.3. The normalized spacial score (nSPS) is 36.3. The van der Waals surface area contributed by atoms with Crippen LogP contribution in [0, 0.1) is 35.0 Å². The second kappa shape index (κ2) is 10.5. The summed E-state index contributed by atoms with van der Waals surface area (Å²) in [6, 6.07) is 0. The van der Waals surface area contributed by atoms with Crippen LogP contribution in [0.4, 0.5) is 0 Å². The van der Waals surface area contributed by atoms with Crippen molar-refractivity contribution in [2.45, 2.75) is 98.0 Å². The fraction of sp³-hybridized carbons (Fsp3) is 0.815. The van der Waals surface area contributed by atoms with Crippen molar-refractivity contribution in [1.29, 1.82) is 0 Å². The maximum Gasteiger partial charge on any atom is 0.305 e. The minimum Gasteiger partial charge on any atom is -0.469 e. The molecule has 0 bridgehead atoms. The van der Waals surface area contributed by atoms with Gasteiger partial charge < -0.3 is 9.47 Å². The van der Waals surface area contributed by atoms with E-state index in [0.717, 1.165) is 51.4 Å². The van der Waals surface area contributed by atoms with E-state index in [0.29, 0.717) is 42.4 Å². The Bertz CT molecular complexity index is 740. The first-order valence-electron chi connectivity index (χ1n) is 12.6. The van der Waals surface area contributed by atoms with E-state index in [1.807, 2.05) is 6.08 Å². The van der Waals surface area contributed by atoms with Crippen LogP contribution in [0.25, 0.3) is 0 Å². The number of hydrogen-bond donors (Lipinski definition) is 0. The van der Waals surface area contributed by atoms with E-state index >= 15 is 0 Å². The van der Waals surface area contributed by atoms with Crippen LogP contribution in [0.5, 0.6) is 0 Å². The van der Waals surface area contributed by atoms with Gasteiger partial charge in [0.1, 0.15) is 6.10 Å². The molecule has 3 rings (SSSR count). The van der Waals surface area contributed by atoms with Crippen LogP contribution in [0.15, 0.2) is 11.6 Å². The van der Waals surface area contributed by atoms with Crippen LogP contribution in [0.3, 0.4) is 0 Å². The highest BCUT2D eigenvalue weighted by molar-refractivity contribution is 5.91. The zero-order valence-corrected chi connectivity index (χ0v) is 20.7. The molecule has 0 aromatic rings. The Kier molecular flexibility index (Phi) is 8.21. The quantitative estimate of drug-likeness (QED) is 0.510. The van der Waals surface area contributed by atoms with Crippen molar-refractivity contribution in [2.75, 3.05) is 7.11 Å². The van der Waals surface area contributed by atoms with Crippen LogP contribution in [-0.4, -0.2) is 30.9 Å². The molecule has 0 aromatic heterocycles. The van der Waals surface area contributed by atoms with Crippen molar-refractivity contribution in [1.82, 2.24) is 0 Å². The van der Waals surface area contributed by atoms with E-state index in [-0.39, 0.29) is 29.2 Å². The summed E-state index contributed by atoms with van der Waals surface area (Å²) in [6.45, 7) is 8.39. The fourth-order valence-electron chi connectivity index (χ4n) is 6.78. The van der Waals surface area contributed by atoms with Gasteiger partial charge in [-0.1, -0.05) is 26.3 Å². The Labute approximate surface area is 193 Å². The number of methoxy groups -OCH3 is 1. The Balaban J connectivity index is 1.77. The predicted molar refractivity (Wildman–Crippen MR) is 124 cm³/mol. The molecule has 180 valence electrons. The first-order valence-corrected chi connectivity index (χ1v) is 12.6. The Morgan fingerprint density at radius 2 is 1.94 bits per heavy atom. The van der Waals surface area contributed by atoms with E-state index in [9.17, 15) is 14.4 Å². The molecule has 3 unspecified atom stereocenters. The molecule has 5 nitrogen and oxygen atoms in total. The van der Waals surface area contributed by atoms with Crippen molar-refractivity contribution in [3.8, 4) is 0 Å². The number of carbonyl (C=O) groups excluding carboxylic acids is 3. The maximum absolute atomic E-state index is 13.2. The standard InChI is InChI=1S/C27H42O5/c1-17(7-11-26(30)31-5)20-8-6-18(2)24-10-9-21-15-23(32-19(3)28)12-13-27(21,4)25(24)16-22(29)14-20/h16-18,20-21,23-24H,6-15H2,1-5H3/t17-,18?,20?,21-,23-,24?,27+/m1/s1. The van der Waals surface area contributed by atoms with Crippen molar-refractivity contribution in [3.63, 3.8) is 0 Å². The van der Waals surface area contributed by atoms with Crippen molar-refractivity contribution in [3.05, 3.63) is 11.6 Å². The van der Waals surface area contributed by atoms with Gasteiger partial charge in [-0.25, -0.2) is 0 Å². The summed E-state index contributed by atoms with van der Waals surface area (Å²) < 4.78 is 10.4. The number of ketones is 1. The van der Waals surface area contributed by atoms with Gasteiger partial charge in [0, 0.05) is 19.8 Å². The largest absolute Gasteiger partial charge is 0.469 e. The number of esters is 2. The van der Waals surface area contributed by atoms with Crippen molar-refractivity contribution >= 4 is 17.7 Å². The number of hydrogen-bond acceptors (Lipinski definition) is 5. The van der Waals surface area contributed by atoms with Crippen molar-refractivity contribution in [2.24, 2.45) is 35.0 Å². The van der Waals surface area contributed by atoms with E-state index in [1.165, 1.54) is 19.6 Å². The molecule has 2 fully saturated rings. The molecule has 0 N–H and O–H groups in total. The molecule has 2 saturated carbocycles. The van der Waals surface area contributed by atoms with Crippen LogP contribution >= 0.6 is 0 Å². The highest BCUT2D eigenvalue weighted by Gasteiger charge is 2.49. The molecular formula is C27H42O5. The van der Waals surface area contributed by atoms with Gasteiger partial charge in [0.2, 0.25) is 0 Å². The monoisotopic (exact) mass is 446 g/mol.